The molecule has 0 saturated heterocycles. The molecule has 5 nitrogen and oxygen atoms in total. The van der Waals surface area contributed by atoms with Gasteiger partial charge in [0.15, 0.2) is 5.60 Å². The van der Waals surface area contributed by atoms with Crippen molar-refractivity contribution < 1.29 is 14.6 Å². The number of benzene rings is 1. The topological polar surface area (TPSA) is 67.4 Å². The highest BCUT2D eigenvalue weighted by Crippen LogP contribution is 2.32. The number of nitrogens with zero attached hydrogens (tertiary/aromatic N) is 1. The van der Waals surface area contributed by atoms with Crippen LogP contribution in [0.25, 0.3) is 0 Å². The first-order valence-corrected chi connectivity index (χ1v) is 6.36. The zero-order valence-corrected chi connectivity index (χ0v) is 12.2. The SMILES string of the molecule is COCC(C)(Oc1c[c]cc(O)c1)c1c(C)n[nH]c1C. The maximum atomic E-state index is 9.52. The molecule has 0 aliphatic rings. The van der Waals surface area contributed by atoms with Gasteiger partial charge >= 0.3 is 0 Å². The van der Waals surface area contributed by atoms with Crippen LogP contribution in [0.1, 0.15) is 23.9 Å². The summed E-state index contributed by atoms with van der Waals surface area (Å²) in [7, 11) is 1.63. The van der Waals surface area contributed by atoms with Gasteiger partial charge in [0.1, 0.15) is 11.5 Å². The molecule has 0 spiro atoms. The molecule has 0 aliphatic carbocycles. The van der Waals surface area contributed by atoms with Crippen molar-refractivity contribution in [2.45, 2.75) is 26.4 Å². The number of aromatic hydroxyl groups is 1. The van der Waals surface area contributed by atoms with Crippen LogP contribution in [0, 0.1) is 19.9 Å². The first-order valence-electron chi connectivity index (χ1n) is 6.36. The molecule has 1 aromatic carbocycles. The molecule has 1 radical (unpaired) electrons. The molecule has 5 heteroatoms. The number of aromatic amines is 1. The minimum atomic E-state index is -0.697. The van der Waals surface area contributed by atoms with Gasteiger partial charge in [-0.15, -0.1) is 0 Å². The molecule has 2 aromatic rings. The van der Waals surface area contributed by atoms with Crippen molar-refractivity contribution in [2.24, 2.45) is 0 Å². The molecular formula is C15H19N2O3. The molecule has 2 rings (SSSR count). The Morgan fingerprint density at radius 2 is 2.15 bits per heavy atom. The van der Waals surface area contributed by atoms with Gasteiger partial charge in [0.2, 0.25) is 0 Å². The maximum absolute atomic E-state index is 9.52. The lowest BCUT2D eigenvalue weighted by Crippen LogP contribution is -2.35. The molecule has 0 aliphatic heterocycles. The number of aryl methyl sites for hydroxylation is 2. The third-order valence-corrected chi connectivity index (χ3v) is 3.17. The molecule has 0 bridgehead atoms. The summed E-state index contributed by atoms with van der Waals surface area (Å²) >= 11 is 0. The summed E-state index contributed by atoms with van der Waals surface area (Å²) < 4.78 is 11.4. The van der Waals surface area contributed by atoms with Crippen LogP contribution in [0.4, 0.5) is 0 Å². The average molecular weight is 275 g/mol. The summed E-state index contributed by atoms with van der Waals surface area (Å²) in [6.07, 6.45) is 0. The number of phenols is 1. The average Bonchev–Trinajstić information content (AvgIpc) is 2.69. The van der Waals surface area contributed by atoms with Crippen LogP contribution in [0.5, 0.6) is 11.5 Å². The fraction of sp³-hybridized carbons (Fsp3) is 0.400. The number of nitrogens with one attached hydrogen (secondary N) is 1. The monoisotopic (exact) mass is 275 g/mol. The number of hydrogen-bond donors (Lipinski definition) is 2. The Kier molecular flexibility index (Phi) is 3.99. The van der Waals surface area contributed by atoms with Gasteiger partial charge in [-0.1, -0.05) is 0 Å². The zero-order chi connectivity index (χ0) is 14.8. The third kappa shape index (κ3) is 2.77. The van der Waals surface area contributed by atoms with Crippen molar-refractivity contribution in [1.82, 2.24) is 10.2 Å². The lowest BCUT2D eigenvalue weighted by Gasteiger charge is -2.30. The van der Waals surface area contributed by atoms with Crippen LogP contribution in [0.2, 0.25) is 0 Å². The second-order valence-corrected chi connectivity index (χ2v) is 5.00. The van der Waals surface area contributed by atoms with Crippen LogP contribution in [-0.2, 0) is 10.3 Å². The fourth-order valence-electron chi connectivity index (χ4n) is 2.52. The highest BCUT2D eigenvalue weighted by atomic mass is 16.5. The third-order valence-electron chi connectivity index (χ3n) is 3.17. The Morgan fingerprint density at radius 1 is 1.40 bits per heavy atom. The summed E-state index contributed by atoms with van der Waals surface area (Å²) in [5.41, 5.74) is 2.07. The first-order chi connectivity index (χ1) is 9.46. The Hall–Kier alpha value is -2.01. The largest absolute Gasteiger partial charge is 0.508 e. The van der Waals surface area contributed by atoms with E-state index in [2.05, 4.69) is 16.3 Å². The molecule has 107 valence electrons. The van der Waals surface area contributed by atoms with E-state index in [1.54, 1.807) is 19.2 Å². The molecule has 1 heterocycles. The van der Waals surface area contributed by atoms with Crippen LogP contribution in [-0.4, -0.2) is 29.0 Å². The number of H-pyrrole nitrogens is 1. The standard InChI is InChI=1S/C15H19N2O3/c1-10-14(11(2)17-16-10)15(3,9-19-4)20-13-7-5-6-12(18)8-13/h6-8,18H,9H2,1-4H3,(H,16,17). The lowest BCUT2D eigenvalue weighted by atomic mass is 9.94. The molecule has 0 amide bonds. The molecule has 20 heavy (non-hydrogen) atoms. The van der Waals surface area contributed by atoms with Gasteiger partial charge in [-0.05, 0) is 39.0 Å². The predicted octanol–water partition coefficient (Wildman–Crippen LogP) is 2.47. The van der Waals surface area contributed by atoms with Gasteiger partial charge in [0.05, 0.1) is 12.3 Å². The number of hydrogen-bond acceptors (Lipinski definition) is 4. The number of methoxy groups -OCH3 is 1. The number of phenolic OH excluding ortho intramolecular Hbond substituents is 1. The van der Waals surface area contributed by atoms with Gasteiger partial charge < -0.3 is 14.6 Å². The van der Waals surface area contributed by atoms with E-state index in [-0.39, 0.29) is 5.75 Å². The van der Waals surface area contributed by atoms with Crippen LogP contribution in [0.15, 0.2) is 18.2 Å². The Bertz CT molecular complexity index is 575. The minimum absolute atomic E-state index is 0.114. The number of rotatable bonds is 5. The molecule has 0 fully saturated rings. The highest BCUT2D eigenvalue weighted by molar-refractivity contribution is 5.35. The summed E-state index contributed by atoms with van der Waals surface area (Å²) in [5.74, 6) is 0.646. The summed E-state index contributed by atoms with van der Waals surface area (Å²) in [6, 6.07) is 7.54. The number of aromatic nitrogens is 2. The second-order valence-electron chi connectivity index (χ2n) is 5.00. The Morgan fingerprint density at radius 3 is 2.70 bits per heavy atom. The first kappa shape index (κ1) is 14.4. The quantitative estimate of drug-likeness (QED) is 0.879. The fourth-order valence-corrected chi connectivity index (χ4v) is 2.52. The van der Waals surface area contributed by atoms with Gasteiger partial charge in [0.25, 0.3) is 0 Å². The molecule has 1 atom stereocenters. The van der Waals surface area contributed by atoms with E-state index in [4.69, 9.17) is 9.47 Å². The molecule has 2 N–H and O–H groups in total. The van der Waals surface area contributed by atoms with Crippen LogP contribution >= 0.6 is 0 Å². The number of ether oxygens (including phenoxy) is 2. The van der Waals surface area contributed by atoms with E-state index in [9.17, 15) is 5.11 Å². The molecule has 0 saturated carbocycles. The predicted molar refractivity (Wildman–Crippen MR) is 74.9 cm³/mol. The van der Waals surface area contributed by atoms with Crippen LogP contribution < -0.4 is 4.74 Å². The minimum Gasteiger partial charge on any atom is -0.508 e. The molecule has 1 unspecified atom stereocenters. The lowest BCUT2D eigenvalue weighted by molar-refractivity contribution is -0.000579. The smallest absolute Gasteiger partial charge is 0.158 e. The van der Waals surface area contributed by atoms with E-state index >= 15 is 0 Å². The molecule has 1 aromatic heterocycles. The normalized spacial score (nSPS) is 14.0. The highest BCUT2D eigenvalue weighted by Gasteiger charge is 2.34. The van der Waals surface area contributed by atoms with Gasteiger partial charge in [-0.2, -0.15) is 5.10 Å². The van der Waals surface area contributed by atoms with Crippen molar-refractivity contribution in [3.63, 3.8) is 0 Å². The Balaban J connectivity index is 2.40. The van der Waals surface area contributed by atoms with E-state index in [0.717, 1.165) is 17.0 Å². The maximum Gasteiger partial charge on any atom is 0.158 e. The summed E-state index contributed by atoms with van der Waals surface area (Å²) in [5, 5.41) is 16.7. The van der Waals surface area contributed by atoms with E-state index in [1.807, 2.05) is 20.8 Å². The van der Waals surface area contributed by atoms with Crippen molar-refractivity contribution in [3.8, 4) is 11.5 Å². The Labute approximate surface area is 118 Å². The van der Waals surface area contributed by atoms with E-state index < -0.39 is 5.60 Å². The van der Waals surface area contributed by atoms with Crippen molar-refractivity contribution in [2.75, 3.05) is 13.7 Å². The van der Waals surface area contributed by atoms with Gasteiger partial charge in [-0.3, -0.25) is 5.10 Å². The van der Waals surface area contributed by atoms with Crippen molar-refractivity contribution in [1.29, 1.82) is 0 Å². The van der Waals surface area contributed by atoms with E-state index in [0.29, 0.717) is 12.4 Å². The van der Waals surface area contributed by atoms with Gasteiger partial charge in [0, 0.05) is 24.4 Å². The van der Waals surface area contributed by atoms with Crippen LogP contribution in [0.3, 0.4) is 0 Å². The summed E-state index contributed by atoms with van der Waals surface area (Å²) in [6.45, 7) is 6.17. The second kappa shape index (κ2) is 5.54. The molecular weight excluding hydrogens is 256 g/mol. The van der Waals surface area contributed by atoms with Gasteiger partial charge in [-0.25, -0.2) is 0 Å². The summed E-state index contributed by atoms with van der Waals surface area (Å²) in [4.78, 5) is 0. The van der Waals surface area contributed by atoms with Crippen molar-refractivity contribution in [3.05, 3.63) is 41.2 Å². The van der Waals surface area contributed by atoms with Crippen molar-refractivity contribution >= 4 is 0 Å². The zero-order valence-electron chi connectivity index (χ0n) is 12.2. The van der Waals surface area contributed by atoms with E-state index in [1.165, 1.54) is 6.07 Å².